The summed E-state index contributed by atoms with van der Waals surface area (Å²) in [5.41, 5.74) is 0. The zero-order chi connectivity index (χ0) is 7.23. The van der Waals surface area contributed by atoms with E-state index in [4.69, 9.17) is 0 Å². The standard InChI is InChI=1S/C7H10NOS/c9-5-2-1-3-7-8-4-6-10-7/h4,6H,1-3,5H2. The van der Waals surface area contributed by atoms with Crippen molar-refractivity contribution >= 4 is 11.3 Å². The van der Waals surface area contributed by atoms with E-state index in [-0.39, 0.29) is 6.61 Å². The molecule has 10 heavy (non-hydrogen) atoms. The van der Waals surface area contributed by atoms with Gasteiger partial charge in [-0.25, -0.2) is 10.1 Å². The Morgan fingerprint density at radius 3 is 3.00 bits per heavy atom. The zero-order valence-electron chi connectivity index (χ0n) is 5.75. The van der Waals surface area contributed by atoms with Crippen LogP contribution in [0.15, 0.2) is 11.6 Å². The van der Waals surface area contributed by atoms with Crippen LogP contribution in [0.4, 0.5) is 0 Å². The fraction of sp³-hybridized carbons (Fsp3) is 0.571. The summed E-state index contributed by atoms with van der Waals surface area (Å²) in [4.78, 5) is 4.10. The summed E-state index contributed by atoms with van der Waals surface area (Å²) in [5.74, 6) is 0. The van der Waals surface area contributed by atoms with Crippen molar-refractivity contribution in [3.05, 3.63) is 16.6 Å². The van der Waals surface area contributed by atoms with Crippen LogP contribution in [0.3, 0.4) is 0 Å². The van der Waals surface area contributed by atoms with Crippen LogP contribution in [0.2, 0.25) is 0 Å². The molecule has 0 saturated heterocycles. The lowest BCUT2D eigenvalue weighted by Crippen LogP contribution is -1.85. The largest absolute Gasteiger partial charge is 0.250 e. The van der Waals surface area contributed by atoms with Crippen LogP contribution in [0.5, 0.6) is 0 Å². The van der Waals surface area contributed by atoms with Crippen molar-refractivity contribution in [2.45, 2.75) is 19.3 Å². The summed E-state index contributed by atoms with van der Waals surface area (Å²) in [6.07, 6.45) is 4.54. The van der Waals surface area contributed by atoms with E-state index in [0.29, 0.717) is 0 Å². The Bertz CT molecular complexity index is 162. The third kappa shape index (κ3) is 2.45. The quantitative estimate of drug-likeness (QED) is 0.613. The van der Waals surface area contributed by atoms with Crippen molar-refractivity contribution in [2.75, 3.05) is 6.61 Å². The molecule has 1 radical (unpaired) electrons. The Labute approximate surface area is 64.5 Å². The summed E-state index contributed by atoms with van der Waals surface area (Å²) >= 11 is 1.66. The molecule has 0 aliphatic carbocycles. The lowest BCUT2D eigenvalue weighted by Gasteiger charge is -1.91. The monoisotopic (exact) mass is 156 g/mol. The molecule has 0 unspecified atom stereocenters. The minimum atomic E-state index is 0.0470. The van der Waals surface area contributed by atoms with Gasteiger partial charge in [0.05, 0.1) is 11.6 Å². The van der Waals surface area contributed by atoms with Gasteiger partial charge in [0.1, 0.15) is 0 Å². The average Bonchev–Trinajstić information content (AvgIpc) is 2.41. The highest BCUT2D eigenvalue weighted by atomic mass is 32.1. The fourth-order valence-electron chi connectivity index (χ4n) is 0.755. The third-order valence-electron chi connectivity index (χ3n) is 1.27. The predicted octanol–water partition coefficient (Wildman–Crippen LogP) is 1.90. The minimum Gasteiger partial charge on any atom is -0.250 e. The highest BCUT2D eigenvalue weighted by Gasteiger charge is 1.93. The molecule has 3 heteroatoms. The van der Waals surface area contributed by atoms with Gasteiger partial charge in [0.15, 0.2) is 0 Å². The average molecular weight is 156 g/mol. The van der Waals surface area contributed by atoms with Gasteiger partial charge < -0.3 is 0 Å². The number of thiazole rings is 1. The first kappa shape index (κ1) is 7.69. The van der Waals surface area contributed by atoms with Crippen LogP contribution in [0.1, 0.15) is 17.8 Å². The van der Waals surface area contributed by atoms with Crippen LogP contribution in [0.25, 0.3) is 0 Å². The van der Waals surface area contributed by atoms with E-state index in [1.54, 1.807) is 17.5 Å². The van der Waals surface area contributed by atoms with Gasteiger partial charge in [-0.2, -0.15) is 0 Å². The molecule has 1 heterocycles. The van der Waals surface area contributed by atoms with Crippen molar-refractivity contribution in [2.24, 2.45) is 0 Å². The first-order valence-corrected chi connectivity index (χ1v) is 4.28. The maximum atomic E-state index is 10.0. The van der Waals surface area contributed by atoms with Crippen molar-refractivity contribution in [3.63, 3.8) is 0 Å². The molecule has 0 aliphatic rings. The van der Waals surface area contributed by atoms with Crippen molar-refractivity contribution < 1.29 is 5.11 Å². The molecule has 0 aliphatic heterocycles. The highest BCUT2D eigenvalue weighted by molar-refractivity contribution is 7.09. The fourth-order valence-corrected chi connectivity index (χ4v) is 1.42. The maximum Gasteiger partial charge on any atom is 0.0924 e. The molecule has 0 fully saturated rings. The van der Waals surface area contributed by atoms with Gasteiger partial charge in [-0.1, -0.05) is 0 Å². The van der Waals surface area contributed by atoms with Crippen LogP contribution in [0, 0.1) is 0 Å². The lowest BCUT2D eigenvalue weighted by atomic mass is 10.2. The molecule has 1 aromatic heterocycles. The zero-order valence-corrected chi connectivity index (χ0v) is 6.56. The van der Waals surface area contributed by atoms with Crippen molar-refractivity contribution in [3.8, 4) is 0 Å². The Hall–Kier alpha value is -0.410. The molecule has 1 rings (SSSR count). The smallest absolute Gasteiger partial charge is 0.0924 e. The second-order valence-electron chi connectivity index (χ2n) is 2.09. The number of unbranched alkanes of at least 4 members (excludes halogenated alkanes) is 1. The van der Waals surface area contributed by atoms with E-state index in [1.165, 1.54) is 0 Å². The van der Waals surface area contributed by atoms with E-state index >= 15 is 0 Å². The van der Waals surface area contributed by atoms with Crippen LogP contribution in [-0.2, 0) is 11.5 Å². The van der Waals surface area contributed by atoms with E-state index in [2.05, 4.69) is 4.98 Å². The number of aryl methyl sites for hydroxylation is 1. The predicted molar refractivity (Wildman–Crippen MR) is 40.6 cm³/mol. The molecular formula is C7H10NOS. The van der Waals surface area contributed by atoms with Gasteiger partial charge in [0, 0.05) is 11.6 Å². The molecule has 0 spiro atoms. The van der Waals surface area contributed by atoms with Crippen molar-refractivity contribution in [1.82, 2.24) is 4.98 Å². The summed E-state index contributed by atoms with van der Waals surface area (Å²) in [5, 5.41) is 13.2. The molecule has 1 aromatic rings. The maximum absolute atomic E-state index is 10.0. The topological polar surface area (TPSA) is 32.8 Å². The summed E-state index contributed by atoms with van der Waals surface area (Å²) in [6, 6.07) is 0. The Balaban J connectivity index is 2.15. The minimum absolute atomic E-state index is 0.0470. The Kier molecular flexibility index (Phi) is 3.40. The first-order chi connectivity index (χ1) is 4.93. The van der Waals surface area contributed by atoms with E-state index in [1.807, 2.05) is 5.38 Å². The second-order valence-corrected chi connectivity index (χ2v) is 3.07. The third-order valence-corrected chi connectivity index (χ3v) is 2.11. The van der Waals surface area contributed by atoms with E-state index < -0.39 is 0 Å². The summed E-state index contributed by atoms with van der Waals surface area (Å²) in [6.45, 7) is 0.0470. The number of hydrogen-bond donors (Lipinski definition) is 0. The molecule has 0 saturated carbocycles. The first-order valence-electron chi connectivity index (χ1n) is 3.40. The van der Waals surface area contributed by atoms with Crippen LogP contribution < -0.4 is 0 Å². The van der Waals surface area contributed by atoms with Crippen LogP contribution >= 0.6 is 11.3 Å². The normalized spacial score (nSPS) is 10.1. The van der Waals surface area contributed by atoms with Gasteiger partial charge in [0.25, 0.3) is 0 Å². The Morgan fingerprint density at radius 2 is 2.40 bits per heavy atom. The molecule has 0 N–H and O–H groups in total. The Morgan fingerprint density at radius 1 is 1.50 bits per heavy atom. The van der Waals surface area contributed by atoms with E-state index in [9.17, 15) is 5.11 Å². The highest BCUT2D eigenvalue weighted by Crippen LogP contribution is 2.07. The van der Waals surface area contributed by atoms with Gasteiger partial charge >= 0.3 is 0 Å². The second kappa shape index (κ2) is 4.41. The molecule has 0 amide bonds. The summed E-state index contributed by atoms with van der Waals surface area (Å²) < 4.78 is 0. The molecule has 0 aromatic carbocycles. The molecule has 2 nitrogen and oxygen atoms in total. The van der Waals surface area contributed by atoms with Gasteiger partial charge in [-0.05, 0) is 19.3 Å². The number of nitrogens with zero attached hydrogens (tertiary/aromatic N) is 1. The molecule has 55 valence electrons. The summed E-state index contributed by atoms with van der Waals surface area (Å²) in [7, 11) is 0. The van der Waals surface area contributed by atoms with Gasteiger partial charge in [0.2, 0.25) is 0 Å². The molecular weight excluding hydrogens is 146 g/mol. The lowest BCUT2D eigenvalue weighted by molar-refractivity contribution is 0.187. The van der Waals surface area contributed by atoms with Crippen LogP contribution in [-0.4, -0.2) is 11.6 Å². The van der Waals surface area contributed by atoms with E-state index in [0.717, 1.165) is 24.3 Å². The molecule has 0 atom stereocenters. The van der Waals surface area contributed by atoms with Gasteiger partial charge in [-0.15, -0.1) is 11.3 Å². The van der Waals surface area contributed by atoms with Gasteiger partial charge in [-0.3, -0.25) is 0 Å². The van der Waals surface area contributed by atoms with Crippen molar-refractivity contribution in [1.29, 1.82) is 0 Å². The number of hydrogen-bond acceptors (Lipinski definition) is 2. The molecule has 0 bridgehead atoms. The SMILES string of the molecule is [O]CCCCc1nccs1. The number of rotatable bonds is 4. The number of aromatic nitrogens is 1.